The molecule has 0 aromatic heterocycles. The number of fused-ring (bicyclic) bond motifs is 1. The fourth-order valence-corrected chi connectivity index (χ4v) is 4.78. The van der Waals surface area contributed by atoms with Gasteiger partial charge in [0.05, 0.1) is 6.61 Å². The zero-order chi connectivity index (χ0) is 19.0. The highest BCUT2D eigenvalue weighted by atomic mass is 28.4. The summed E-state index contributed by atoms with van der Waals surface area (Å²) in [7, 11) is -3.19. The largest absolute Gasteiger partial charge is 0.496 e. The smallest absolute Gasteiger partial charge is 0.482 e. The Morgan fingerprint density at radius 1 is 1.16 bits per heavy atom. The van der Waals surface area contributed by atoms with Crippen LogP contribution in [0.2, 0.25) is 6.55 Å². The maximum Gasteiger partial charge on any atom is 0.496 e. The van der Waals surface area contributed by atoms with Crippen molar-refractivity contribution < 1.29 is 27.9 Å². The van der Waals surface area contributed by atoms with Crippen LogP contribution in [0.15, 0.2) is 18.2 Å². The Labute approximate surface area is 149 Å². The molecule has 0 aliphatic carbocycles. The van der Waals surface area contributed by atoms with Crippen molar-refractivity contribution in [3.8, 4) is 5.75 Å². The number of carbonyl (C=O) groups excluding carboxylic acids is 2. The Balaban J connectivity index is 2.38. The Morgan fingerprint density at radius 2 is 1.72 bits per heavy atom. The van der Waals surface area contributed by atoms with Crippen molar-refractivity contribution in [3.63, 3.8) is 0 Å². The van der Waals surface area contributed by atoms with E-state index in [1.54, 1.807) is 12.6 Å². The van der Waals surface area contributed by atoms with Gasteiger partial charge >= 0.3 is 8.56 Å². The van der Waals surface area contributed by atoms with E-state index in [0.29, 0.717) is 11.8 Å². The van der Waals surface area contributed by atoms with Gasteiger partial charge in [0.15, 0.2) is 0 Å². The van der Waals surface area contributed by atoms with Crippen LogP contribution in [-0.4, -0.2) is 26.3 Å². The lowest BCUT2D eigenvalue weighted by Crippen LogP contribution is -2.54. The van der Waals surface area contributed by atoms with Crippen molar-refractivity contribution in [2.24, 2.45) is 5.41 Å². The molecule has 0 bridgehead atoms. The number of ether oxygens (including phenoxy) is 2. The molecule has 6 nitrogen and oxygen atoms in total. The highest BCUT2D eigenvalue weighted by Gasteiger charge is 2.45. The van der Waals surface area contributed by atoms with Crippen molar-refractivity contribution in [1.82, 2.24) is 0 Å². The Kier molecular flexibility index (Phi) is 5.03. The molecule has 0 N–H and O–H groups in total. The minimum Gasteiger partial charge on any atom is -0.482 e. The third-order valence-corrected chi connectivity index (χ3v) is 7.15. The summed E-state index contributed by atoms with van der Waals surface area (Å²) in [6.45, 7) is 12.7. The second kappa shape index (κ2) is 6.46. The Hall–Kier alpha value is -1.86. The van der Waals surface area contributed by atoms with Crippen LogP contribution >= 0.6 is 0 Å². The number of rotatable bonds is 3. The predicted octanol–water partition coefficient (Wildman–Crippen LogP) is 2.76. The minimum absolute atomic E-state index is 0.206. The minimum atomic E-state index is -3.19. The first-order valence-electron chi connectivity index (χ1n) is 8.22. The van der Waals surface area contributed by atoms with Crippen molar-refractivity contribution >= 4 is 25.7 Å². The van der Waals surface area contributed by atoms with Crippen LogP contribution in [0.25, 0.3) is 0 Å². The fourth-order valence-electron chi connectivity index (χ4n) is 2.59. The van der Waals surface area contributed by atoms with E-state index in [2.05, 4.69) is 20.8 Å². The zero-order valence-electron chi connectivity index (χ0n) is 15.9. The van der Waals surface area contributed by atoms with Crippen LogP contribution in [-0.2, 0) is 29.8 Å². The maximum absolute atomic E-state index is 11.5. The molecule has 0 spiro atoms. The summed E-state index contributed by atoms with van der Waals surface area (Å²) >= 11 is 0. The summed E-state index contributed by atoms with van der Waals surface area (Å²) in [6.07, 6.45) is 0. The monoisotopic (exact) mass is 366 g/mol. The Morgan fingerprint density at radius 3 is 2.20 bits per heavy atom. The maximum atomic E-state index is 11.5. The molecular formula is C18H26O6Si. The molecule has 1 aliphatic rings. The van der Waals surface area contributed by atoms with E-state index < -0.39 is 26.3 Å². The van der Waals surface area contributed by atoms with Crippen LogP contribution in [0.5, 0.6) is 5.75 Å². The molecule has 25 heavy (non-hydrogen) atoms. The first kappa shape index (κ1) is 19.5. The lowest BCUT2D eigenvalue weighted by Gasteiger charge is -2.44. The van der Waals surface area contributed by atoms with Crippen LogP contribution in [0.1, 0.15) is 47.1 Å². The number of hydrogen-bond donors (Lipinski definition) is 0. The number of carbonyl (C=O) groups is 2. The average molecular weight is 366 g/mol. The van der Waals surface area contributed by atoms with Crippen molar-refractivity contribution in [2.45, 2.75) is 60.5 Å². The summed E-state index contributed by atoms with van der Waals surface area (Å²) in [5, 5.41) is 0.670. The highest BCUT2D eigenvalue weighted by Crippen LogP contribution is 2.41. The summed E-state index contributed by atoms with van der Waals surface area (Å²) < 4.78 is 22.8. The molecule has 0 amide bonds. The van der Waals surface area contributed by atoms with Crippen LogP contribution in [0, 0.1) is 5.41 Å². The molecule has 0 saturated carbocycles. The zero-order valence-corrected chi connectivity index (χ0v) is 16.9. The molecule has 1 unspecified atom stereocenters. The average Bonchev–Trinajstić information content (AvgIpc) is 2.43. The molecule has 2 rings (SSSR count). The predicted molar refractivity (Wildman–Crippen MR) is 94.5 cm³/mol. The topological polar surface area (TPSA) is 71.1 Å². The molecule has 138 valence electrons. The standard InChI is InChI=1S/C18H26O6Si/c1-12(19)23-25(7,24-13(2)20)15-8-9-16-14(10-15)11-21-18(6,22-16)17(3,4)5/h8-10H,11H2,1-7H3. The van der Waals surface area contributed by atoms with Gasteiger partial charge in [-0.1, -0.05) is 26.8 Å². The summed E-state index contributed by atoms with van der Waals surface area (Å²) in [5.41, 5.74) is 0.625. The van der Waals surface area contributed by atoms with E-state index >= 15 is 0 Å². The molecule has 1 atom stereocenters. The molecule has 0 fully saturated rings. The van der Waals surface area contributed by atoms with E-state index in [1.807, 2.05) is 19.1 Å². The van der Waals surface area contributed by atoms with Gasteiger partial charge in [0.25, 0.3) is 11.9 Å². The Bertz CT molecular complexity index is 677. The lowest BCUT2D eigenvalue weighted by atomic mass is 9.86. The molecule has 1 heterocycles. The van der Waals surface area contributed by atoms with Gasteiger partial charge in [0, 0.05) is 43.5 Å². The van der Waals surface area contributed by atoms with Gasteiger partial charge < -0.3 is 18.3 Å². The van der Waals surface area contributed by atoms with Crippen molar-refractivity contribution in [2.75, 3.05) is 0 Å². The summed E-state index contributed by atoms with van der Waals surface area (Å²) in [6, 6.07) is 5.43. The lowest BCUT2D eigenvalue weighted by molar-refractivity contribution is -0.249. The van der Waals surface area contributed by atoms with Crippen molar-refractivity contribution in [1.29, 1.82) is 0 Å². The van der Waals surface area contributed by atoms with Gasteiger partial charge in [0.1, 0.15) is 5.75 Å². The van der Waals surface area contributed by atoms with Gasteiger partial charge in [-0.25, -0.2) is 0 Å². The third-order valence-electron chi connectivity index (χ3n) is 4.43. The second-order valence-electron chi connectivity index (χ2n) is 7.54. The van der Waals surface area contributed by atoms with Crippen LogP contribution < -0.4 is 9.92 Å². The first-order chi connectivity index (χ1) is 11.4. The third kappa shape index (κ3) is 4.04. The van der Waals surface area contributed by atoms with Gasteiger partial charge in [-0.3, -0.25) is 9.59 Å². The SMILES string of the molecule is CC(=O)O[Si](C)(OC(C)=O)c1ccc2c(c1)COC(C)(C(C)(C)C)O2. The normalized spacial score (nSPS) is 20.3. The molecular weight excluding hydrogens is 340 g/mol. The molecule has 1 aliphatic heterocycles. The number of benzene rings is 1. The summed E-state index contributed by atoms with van der Waals surface area (Å²) in [5.74, 6) is -0.995. The molecule has 1 aromatic rings. The van der Waals surface area contributed by atoms with E-state index in [1.165, 1.54) is 13.8 Å². The molecule has 1 aromatic carbocycles. The van der Waals surface area contributed by atoms with E-state index in [0.717, 1.165) is 11.3 Å². The highest BCUT2D eigenvalue weighted by molar-refractivity contribution is 6.82. The number of hydrogen-bond acceptors (Lipinski definition) is 6. The van der Waals surface area contributed by atoms with Gasteiger partial charge in [-0.05, 0) is 12.1 Å². The molecule has 0 saturated heterocycles. The quantitative estimate of drug-likeness (QED) is 0.766. The van der Waals surface area contributed by atoms with Crippen LogP contribution in [0.3, 0.4) is 0 Å². The summed E-state index contributed by atoms with van der Waals surface area (Å²) in [4.78, 5) is 22.9. The van der Waals surface area contributed by atoms with Gasteiger partial charge in [-0.2, -0.15) is 0 Å². The van der Waals surface area contributed by atoms with Crippen molar-refractivity contribution in [3.05, 3.63) is 23.8 Å². The first-order valence-corrected chi connectivity index (χ1v) is 10.5. The second-order valence-corrected chi connectivity index (χ2v) is 10.4. The fraction of sp³-hybridized carbons (Fsp3) is 0.556. The van der Waals surface area contributed by atoms with E-state index in [-0.39, 0.29) is 5.41 Å². The van der Waals surface area contributed by atoms with Crippen LogP contribution in [0.4, 0.5) is 0 Å². The van der Waals surface area contributed by atoms with Gasteiger partial charge in [0.2, 0.25) is 5.79 Å². The van der Waals surface area contributed by atoms with E-state index in [9.17, 15) is 9.59 Å². The van der Waals surface area contributed by atoms with E-state index in [4.69, 9.17) is 18.3 Å². The molecule has 7 heteroatoms. The molecule has 0 radical (unpaired) electrons. The van der Waals surface area contributed by atoms with Gasteiger partial charge in [-0.15, -0.1) is 0 Å².